The number of thiazole rings is 1. The maximum absolute atomic E-state index is 12.2. The Kier molecular flexibility index (Phi) is 4.43. The second-order valence-corrected chi connectivity index (χ2v) is 6.12. The van der Waals surface area contributed by atoms with Gasteiger partial charge in [-0.25, -0.2) is 0 Å². The van der Waals surface area contributed by atoms with Crippen molar-refractivity contribution in [3.05, 3.63) is 58.9 Å². The van der Waals surface area contributed by atoms with Gasteiger partial charge in [0.05, 0.1) is 17.3 Å². The highest BCUT2D eigenvalue weighted by Gasteiger charge is 2.10. The number of carbonyl (C=O) groups is 1. The molecule has 0 atom stereocenters. The van der Waals surface area contributed by atoms with E-state index in [1.807, 2.05) is 48.5 Å². The molecule has 0 spiro atoms. The largest absolute Gasteiger partial charge is 0.497 e. The van der Waals surface area contributed by atoms with Crippen molar-refractivity contribution in [1.29, 1.82) is 5.41 Å². The Labute approximate surface area is 137 Å². The minimum absolute atomic E-state index is 0.108. The van der Waals surface area contributed by atoms with E-state index in [0.717, 1.165) is 21.5 Å². The maximum atomic E-state index is 12.2. The van der Waals surface area contributed by atoms with E-state index in [2.05, 4.69) is 5.32 Å². The molecular formula is C17H17N3O2S. The van der Waals surface area contributed by atoms with Crippen LogP contribution in [0.2, 0.25) is 0 Å². The lowest BCUT2D eigenvalue weighted by Gasteiger charge is -2.07. The van der Waals surface area contributed by atoms with Crippen molar-refractivity contribution in [2.75, 3.05) is 7.11 Å². The number of ether oxygens (including phenoxy) is 1. The zero-order valence-electron chi connectivity index (χ0n) is 12.7. The van der Waals surface area contributed by atoms with E-state index in [-0.39, 0.29) is 12.5 Å². The number of fused-ring (bicyclic) bond motifs is 1. The molecule has 0 saturated heterocycles. The van der Waals surface area contributed by atoms with Crippen LogP contribution in [0.4, 0.5) is 0 Å². The quantitative estimate of drug-likeness (QED) is 0.756. The van der Waals surface area contributed by atoms with Crippen LogP contribution in [0.25, 0.3) is 10.2 Å². The van der Waals surface area contributed by atoms with Crippen molar-refractivity contribution in [3.63, 3.8) is 0 Å². The lowest BCUT2D eigenvalue weighted by Crippen LogP contribution is -2.30. The molecule has 2 aromatic carbocycles. The predicted octanol–water partition coefficient (Wildman–Crippen LogP) is 2.51. The zero-order valence-corrected chi connectivity index (χ0v) is 13.5. The van der Waals surface area contributed by atoms with Gasteiger partial charge in [-0.3, -0.25) is 10.2 Å². The average molecular weight is 327 g/mol. The van der Waals surface area contributed by atoms with Crippen LogP contribution in [0, 0.1) is 5.41 Å². The topological polar surface area (TPSA) is 67.1 Å². The first-order chi connectivity index (χ1) is 11.2. The third-order valence-electron chi connectivity index (χ3n) is 3.54. The number of aromatic nitrogens is 1. The first-order valence-corrected chi connectivity index (χ1v) is 8.01. The third kappa shape index (κ3) is 3.43. The van der Waals surface area contributed by atoms with Gasteiger partial charge in [0.15, 0.2) is 4.80 Å². The molecule has 0 aliphatic heterocycles. The molecule has 5 nitrogen and oxygen atoms in total. The fourth-order valence-electron chi connectivity index (χ4n) is 2.35. The molecule has 23 heavy (non-hydrogen) atoms. The van der Waals surface area contributed by atoms with E-state index >= 15 is 0 Å². The minimum atomic E-state index is -0.108. The number of carbonyl (C=O) groups excluding carboxylic acids is 1. The van der Waals surface area contributed by atoms with Gasteiger partial charge >= 0.3 is 0 Å². The Bertz CT molecular complexity index is 884. The number of rotatable bonds is 5. The van der Waals surface area contributed by atoms with Crippen molar-refractivity contribution in [2.45, 2.75) is 13.1 Å². The molecule has 3 aromatic rings. The van der Waals surface area contributed by atoms with Crippen LogP contribution in [0.5, 0.6) is 5.75 Å². The summed E-state index contributed by atoms with van der Waals surface area (Å²) in [6.07, 6.45) is 0. The monoisotopic (exact) mass is 327 g/mol. The third-order valence-corrected chi connectivity index (χ3v) is 4.50. The molecule has 3 rings (SSSR count). The molecule has 2 N–H and O–H groups in total. The first-order valence-electron chi connectivity index (χ1n) is 7.20. The molecule has 0 bridgehead atoms. The van der Waals surface area contributed by atoms with E-state index in [1.165, 1.54) is 11.3 Å². The van der Waals surface area contributed by atoms with E-state index in [1.54, 1.807) is 11.7 Å². The number of hydrogen-bond acceptors (Lipinski definition) is 4. The smallest absolute Gasteiger partial charge is 0.240 e. The predicted molar refractivity (Wildman–Crippen MR) is 90.5 cm³/mol. The molecule has 1 aromatic heterocycles. The SMILES string of the molecule is COc1ccc2c(c1)sc(=N)n2CC(=O)NCc1ccccc1. The van der Waals surface area contributed by atoms with Gasteiger partial charge in [0.25, 0.3) is 0 Å². The Morgan fingerprint density at radius 3 is 2.78 bits per heavy atom. The van der Waals surface area contributed by atoms with Gasteiger partial charge in [-0.05, 0) is 23.8 Å². The summed E-state index contributed by atoms with van der Waals surface area (Å²) in [7, 11) is 1.61. The molecule has 0 fully saturated rings. The summed E-state index contributed by atoms with van der Waals surface area (Å²) >= 11 is 1.33. The number of nitrogens with zero attached hydrogens (tertiary/aromatic N) is 1. The summed E-state index contributed by atoms with van der Waals surface area (Å²) in [5, 5.41) is 11.0. The number of hydrogen-bond donors (Lipinski definition) is 2. The standard InChI is InChI=1S/C17H17N3O2S/c1-22-13-7-8-14-15(9-13)23-17(18)20(14)11-16(21)19-10-12-5-3-2-4-6-12/h2-9,18H,10-11H2,1H3,(H,19,21). The zero-order chi connectivity index (χ0) is 16.2. The van der Waals surface area contributed by atoms with Gasteiger partial charge in [-0.1, -0.05) is 41.7 Å². The highest BCUT2D eigenvalue weighted by Crippen LogP contribution is 2.22. The molecule has 0 saturated carbocycles. The Balaban J connectivity index is 1.74. The first kappa shape index (κ1) is 15.3. The summed E-state index contributed by atoms with van der Waals surface area (Å²) < 4.78 is 7.84. The number of amides is 1. The lowest BCUT2D eigenvalue weighted by atomic mass is 10.2. The van der Waals surface area contributed by atoms with Gasteiger partial charge in [0, 0.05) is 6.54 Å². The van der Waals surface area contributed by atoms with Crippen LogP contribution in [0.15, 0.2) is 48.5 Å². The van der Waals surface area contributed by atoms with Crippen LogP contribution in [-0.2, 0) is 17.9 Å². The van der Waals surface area contributed by atoms with Gasteiger partial charge in [-0.15, -0.1) is 0 Å². The normalized spacial score (nSPS) is 10.7. The van der Waals surface area contributed by atoms with E-state index in [0.29, 0.717) is 11.3 Å². The summed E-state index contributed by atoms with van der Waals surface area (Å²) in [6.45, 7) is 0.626. The summed E-state index contributed by atoms with van der Waals surface area (Å²) in [5.74, 6) is 0.641. The van der Waals surface area contributed by atoms with Crippen molar-refractivity contribution >= 4 is 27.5 Å². The molecule has 1 heterocycles. The Hall–Kier alpha value is -2.60. The molecule has 0 aliphatic rings. The lowest BCUT2D eigenvalue weighted by molar-refractivity contribution is -0.121. The summed E-state index contributed by atoms with van der Waals surface area (Å²) in [4.78, 5) is 12.5. The second kappa shape index (κ2) is 6.66. The molecule has 118 valence electrons. The molecule has 0 radical (unpaired) electrons. The Morgan fingerprint density at radius 2 is 2.04 bits per heavy atom. The average Bonchev–Trinajstić information content (AvgIpc) is 2.88. The number of nitrogens with one attached hydrogen (secondary N) is 2. The number of methoxy groups -OCH3 is 1. The van der Waals surface area contributed by atoms with Crippen LogP contribution in [0.3, 0.4) is 0 Å². The van der Waals surface area contributed by atoms with Crippen molar-refractivity contribution in [3.8, 4) is 5.75 Å². The van der Waals surface area contributed by atoms with Crippen molar-refractivity contribution in [1.82, 2.24) is 9.88 Å². The fraction of sp³-hybridized carbons (Fsp3) is 0.176. The van der Waals surface area contributed by atoms with E-state index in [9.17, 15) is 4.79 Å². The number of benzene rings is 2. The summed E-state index contributed by atoms with van der Waals surface area (Å²) in [6, 6.07) is 15.4. The van der Waals surface area contributed by atoms with Gasteiger partial charge in [-0.2, -0.15) is 0 Å². The van der Waals surface area contributed by atoms with Crippen molar-refractivity contribution < 1.29 is 9.53 Å². The molecular weight excluding hydrogens is 310 g/mol. The maximum Gasteiger partial charge on any atom is 0.240 e. The molecule has 1 amide bonds. The van der Waals surface area contributed by atoms with E-state index < -0.39 is 0 Å². The van der Waals surface area contributed by atoms with Gasteiger partial charge in [0.2, 0.25) is 5.91 Å². The highest BCUT2D eigenvalue weighted by molar-refractivity contribution is 7.16. The molecule has 0 aliphatic carbocycles. The molecule has 6 heteroatoms. The van der Waals surface area contributed by atoms with Crippen LogP contribution >= 0.6 is 11.3 Å². The highest BCUT2D eigenvalue weighted by atomic mass is 32.1. The van der Waals surface area contributed by atoms with E-state index in [4.69, 9.17) is 10.1 Å². The molecule has 0 unspecified atom stereocenters. The second-order valence-electron chi connectivity index (χ2n) is 5.09. The van der Waals surface area contributed by atoms with Crippen LogP contribution in [0.1, 0.15) is 5.56 Å². The van der Waals surface area contributed by atoms with Gasteiger partial charge in [0.1, 0.15) is 12.3 Å². The summed E-state index contributed by atoms with van der Waals surface area (Å²) in [5.41, 5.74) is 1.92. The minimum Gasteiger partial charge on any atom is -0.497 e. The van der Waals surface area contributed by atoms with Crippen molar-refractivity contribution in [2.24, 2.45) is 0 Å². The Morgan fingerprint density at radius 1 is 1.26 bits per heavy atom. The van der Waals surface area contributed by atoms with Crippen LogP contribution in [-0.4, -0.2) is 17.6 Å². The van der Waals surface area contributed by atoms with Gasteiger partial charge < -0.3 is 14.6 Å². The van der Waals surface area contributed by atoms with Crippen LogP contribution < -0.4 is 14.9 Å². The fourth-order valence-corrected chi connectivity index (χ4v) is 3.29.